The molecule has 2 aromatic carbocycles. The first-order valence-corrected chi connectivity index (χ1v) is 21.1. The fraction of sp³-hybridized carbons (Fsp3) is 0.595. The second-order valence-electron chi connectivity index (χ2n) is 15.1. The third-order valence-electron chi connectivity index (χ3n) is 10.0. The van der Waals surface area contributed by atoms with Gasteiger partial charge in [0.15, 0.2) is 0 Å². The Kier molecular flexibility index (Phi) is 13.5. The Hall–Kier alpha value is -1.27. The molecular weight excluding hydrogens is 982 g/mol. The zero-order valence-electron chi connectivity index (χ0n) is 30.2. The van der Waals surface area contributed by atoms with Crippen molar-refractivity contribution in [1.82, 2.24) is 10.2 Å². The number of amides is 3. The lowest BCUT2D eigenvalue weighted by Gasteiger charge is -2.37. The summed E-state index contributed by atoms with van der Waals surface area (Å²) in [6.45, 7) is 13.0. The summed E-state index contributed by atoms with van der Waals surface area (Å²) in [6.07, 6.45) is -0.323. The summed E-state index contributed by atoms with van der Waals surface area (Å²) < 4.78 is 43.6. The minimum absolute atomic E-state index is 0.135. The van der Waals surface area contributed by atoms with Crippen LogP contribution in [0.5, 0.6) is 0 Å². The Morgan fingerprint density at radius 1 is 0.849 bits per heavy atom. The molecule has 4 unspecified atom stereocenters. The molecule has 3 amide bonds. The summed E-state index contributed by atoms with van der Waals surface area (Å²) in [4.78, 5) is 42.4. The van der Waals surface area contributed by atoms with Crippen LogP contribution in [0.15, 0.2) is 24.3 Å². The maximum atomic E-state index is 12.6. The lowest BCUT2D eigenvalue weighted by molar-refractivity contribution is -0.174. The molecule has 16 heteroatoms. The van der Waals surface area contributed by atoms with E-state index in [9.17, 15) is 27.6 Å². The van der Waals surface area contributed by atoms with Crippen molar-refractivity contribution in [2.45, 2.75) is 113 Å². The number of alkyl halides is 6. The van der Waals surface area contributed by atoms with Gasteiger partial charge in [0, 0.05) is 49.8 Å². The van der Waals surface area contributed by atoms with Crippen LogP contribution in [0.3, 0.4) is 0 Å². The van der Waals surface area contributed by atoms with Crippen LogP contribution in [0.2, 0.25) is 0 Å². The summed E-state index contributed by atoms with van der Waals surface area (Å²) in [5, 5.41) is 2.09. The van der Waals surface area contributed by atoms with Gasteiger partial charge in [-0.1, -0.05) is 48.7 Å². The molecule has 0 saturated heterocycles. The van der Waals surface area contributed by atoms with Crippen LogP contribution in [-0.4, -0.2) is 76.6 Å². The molecule has 4 atom stereocenters. The average Bonchev–Trinajstić information content (AvgIpc) is 3.62. The van der Waals surface area contributed by atoms with Gasteiger partial charge < -0.3 is 19.9 Å². The largest absolute Gasteiger partial charge is 0.471 e. The SMILES string of the molecule is CC(C)(C)OC(=O)N1CC2CC(NC(=O)C(F)(F)F)Cc3c(I)ccc1c32.CCCN(CCC)C1Cc2c(I)ccc3c2C(C1)CN3C(=O)C(Cl)(Cl)Cl. The summed E-state index contributed by atoms with van der Waals surface area (Å²) in [5.41, 5.74) is 5.56. The Morgan fingerprint density at radius 2 is 1.36 bits per heavy atom. The highest BCUT2D eigenvalue weighted by molar-refractivity contribution is 14.1. The van der Waals surface area contributed by atoms with Crippen LogP contribution < -0.4 is 15.1 Å². The van der Waals surface area contributed by atoms with Crippen LogP contribution in [0, 0.1) is 7.14 Å². The molecule has 0 saturated carbocycles. The number of nitrogens with zero attached hydrogens (tertiary/aromatic N) is 3. The van der Waals surface area contributed by atoms with Gasteiger partial charge in [0.1, 0.15) is 5.60 Å². The van der Waals surface area contributed by atoms with E-state index in [4.69, 9.17) is 39.5 Å². The molecule has 0 bridgehead atoms. The summed E-state index contributed by atoms with van der Waals surface area (Å²) in [6, 6.07) is 7.66. The first-order chi connectivity index (χ1) is 24.6. The number of nitrogens with one attached hydrogen (secondary N) is 1. The number of hydrogen-bond donors (Lipinski definition) is 1. The number of hydrogen-bond acceptors (Lipinski definition) is 5. The Bertz CT molecular complexity index is 1730. The van der Waals surface area contributed by atoms with Crippen LogP contribution in [0.1, 0.15) is 94.4 Å². The Labute approximate surface area is 351 Å². The van der Waals surface area contributed by atoms with Crippen molar-refractivity contribution >= 4 is 109 Å². The fourth-order valence-electron chi connectivity index (χ4n) is 8.12. The summed E-state index contributed by atoms with van der Waals surface area (Å²) in [7, 11) is 0. The molecule has 2 aliphatic carbocycles. The third-order valence-corrected chi connectivity index (χ3v) is 12.5. The van der Waals surface area contributed by atoms with E-state index in [1.165, 1.54) is 14.7 Å². The molecule has 2 aromatic rings. The lowest BCUT2D eigenvalue weighted by atomic mass is 9.80. The van der Waals surface area contributed by atoms with Gasteiger partial charge in [-0.2, -0.15) is 13.2 Å². The number of benzene rings is 2. The number of anilines is 2. The summed E-state index contributed by atoms with van der Waals surface area (Å²) >= 11 is 22.2. The normalized spacial score (nSPS) is 21.8. The molecule has 8 nitrogen and oxygen atoms in total. The van der Waals surface area contributed by atoms with Crippen LogP contribution in [0.25, 0.3) is 0 Å². The van der Waals surface area contributed by atoms with Gasteiger partial charge >= 0.3 is 18.2 Å². The lowest BCUT2D eigenvalue weighted by Crippen LogP contribution is -2.46. The maximum absolute atomic E-state index is 12.6. The third kappa shape index (κ3) is 9.65. The van der Waals surface area contributed by atoms with Crippen LogP contribution in [0.4, 0.5) is 29.3 Å². The molecule has 0 spiro atoms. The van der Waals surface area contributed by atoms with E-state index < -0.39 is 39.5 Å². The van der Waals surface area contributed by atoms with Gasteiger partial charge in [0.05, 0.1) is 5.69 Å². The molecule has 6 rings (SSSR count). The van der Waals surface area contributed by atoms with E-state index in [0.29, 0.717) is 37.9 Å². The highest BCUT2D eigenvalue weighted by Gasteiger charge is 2.46. The first kappa shape index (κ1) is 42.9. The van der Waals surface area contributed by atoms with Gasteiger partial charge in [0.2, 0.25) is 0 Å². The highest BCUT2D eigenvalue weighted by atomic mass is 127. The van der Waals surface area contributed by atoms with Gasteiger partial charge in [-0.15, -0.1) is 0 Å². The zero-order valence-corrected chi connectivity index (χ0v) is 36.8. The van der Waals surface area contributed by atoms with E-state index in [1.807, 2.05) is 18.2 Å². The van der Waals surface area contributed by atoms with E-state index in [0.717, 1.165) is 64.8 Å². The van der Waals surface area contributed by atoms with E-state index >= 15 is 0 Å². The second kappa shape index (κ2) is 16.7. The molecule has 292 valence electrons. The molecule has 0 radical (unpaired) electrons. The number of carbonyl (C=O) groups excluding carboxylic acids is 3. The molecule has 1 N–H and O–H groups in total. The highest BCUT2D eigenvalue weighted by Crippen LogP contribution is 2.49. The number of halogens is 8. The van der Waals surface area contributed by atoms with Crippen molar-refractivity contribution in [2.24, 2.45) is 0 Å². The van der Waals surface area contributed by atoms with Crippen molar-refractivity contribution in [3.63, 3.8) is 0 Å². The predicted octanol–water partition coefficient (Wildman–Crippen LogP) is 9.65. The standard InChI is InChI=1S/C19H24Cl3IN2O.C18H20F3IN2O3/c1-3-7-24(8-4-2)13-9-12-11-25(18(26)19(20,21)22)16-6-5-15(23)14(10-13)17(12)16;1-17(2,3)27-16(26)24-8-9-6-10(23-15(25)18(19,20)21)7-11-12(22)4-5-13(24)14(9)11/h5-6,12-13H,3-4,7-11H2,1-2H3;4-5,9-10H,6-8H2,1-3H3,(H,23,25). The number of carbonyl (C=O) groups is 3. The fourth-order valence-corrected chi connectivity index (χ4v) is 9.80. The molecule has 53 heavy (non-hydrogen) atoms. The maximum Gasteiger partial charge on any atom is 0.471 e. The van der Waals surface area contributed by atoms with Gasteiger partial charge in [-0.05, 0) is 164 Å². The molecule has 0 fully saturated rings. The minimum atomic E-state index is -4.91. The molecule has 4 aliphatic rings. The van der Waals surface area contributed by atoms with Gasteiger partial charge in [0.25, 0.3) is 9.70 Å². The zero-order chi connectivity index (χ0) is 39.2. The average molecular weight is 1030 g/mol. The smallest absolute Gasteiger partial charge is 0.443 e. The van der Waals surface area contributed by atoms with E-state index in [-0.39, 0.29) is 5.92 Å². The Balaban J connectivity index is 0.000000204. The van der Waals surface area contributed by atoms with Crippen molar-refractivity contribution in [3.8, 4) is 0 Å². The van der Waals surface area contributed by atoms with Crippen LogP contribution in [-0.2, 0) is 27.2 Å². The van der Waals surface area contributed by atoms with Crippen LogP contribution >= 0.6 is 80.0 Å². The molecule has 2 aliphatic heterocycles. The second-order valence-corrected chi connectivity index (χ2v) is 19.7. The molecular formula is C37H44Cl3F3I2N4O4. The molecule has 2 heterocycles. The van der Waals surface area contributed by atoms with Crippen molar-refractivity contribution < 1.29 is 32.3 Å². The Morgan fingerprint density at radius 3 is 1.87 bits per heavy atom. The van der Waals surface area contributed by atoms with Crippen molar-refractivity contribution in [3.05, 3.63) is 53.7 Å². The van der Waals surface area contributed by atoms with Crippen molar-refractivity contribution in [1.29, 1.82) is 0 Å². The topological polar surface area (TPSA) is 82.2 Å². The number of rotatable bonds is 6. The van der Waals surface area contributed by atoms with E-state index in [1.54, 1.807) is 30.6 Å². The van der Waals surface area contributed by atoms with E-state index in [2.05, 4.69) is 75.3 Å². The minimum Gasteiger partial charge on any atom is -0.443 e. The van der Waals surface area contributed by atoms with Gasteiger partial charge in [-0.25, -0.2) is 4.79 Å². The van der Waals surface area contributed by atoms with Crippen molar-refractivity contribution in [2.75, 3.05) is 36.0 Å². The first-order valence-electron chi connectivity index (χ1n) is 17.8. The van der Waals surface area contributed by atoms with Gasteiger partial charge in [-0.3, -0.25) is 14.5 Å². The quantitative estimate of drug-likeness (QED) is 0.231. The summed E-state index contributed by atoms with van der Waals surface area (Å²) in [5.74, 6) is -2.19. The molecule has 0 aromatic heterocycles. The predicted molar refractivity (Wildman–Crippen MR) is 221 cm³/mol. The number of ether oxygens (including phenoxy) is 1. The monoisotopic (exact) mass is 1020 g/mol.